The normalized spacial score (nSPS) is 11.9. The molecule has 1 heterocycles. The first kappa shape index (κ1) is 15.1. The van der Waals surface area contributed by atoms with Gasteiger partial charge in [0, 0.05) is 12.4 Å². The van der Waals surface area contributed by atoms with Crippen molar-refractivity contribution in [2.24, 2.45) is 0 Å². The molecule has 0 aliphatic carbocycles. The zero-order valence-electron chi connectivity index (χ0n) is 10.6. The Kier molecular flexibility index (Phi) is 6.31. The van der Waals surface area contributed by atoms with E-state index < -0.39 is 10.1 Å². The van der Waals surface area contributed by atoms with Crippen molar-refractivity contribution in [2.45, 2.75) is 32.9 Å². The quantitative estimate of drug-likeness (QED) is 0.365. The standard InChI is InChI=1S/C11H20N2O4S/c1-2-17-9-8-13-7-6-12(11-13)5-3-4-10-18(14,15)16/h6-7,11H,2-5,8-10H2,1H3. The van der Waals surface area contributed by atoms with Gasteiger partial charge in [0.1, 0.15) is 18.9 Å². The number of aromatic nitrogens is 2. The van der Waals surface area contributed by atoms with Gasteiger partial charge in [-0.25, -0.2) is 17.6 Å². The molecule has 0 N–H and O–H groups in total. The fourth-order valence-electron chi connectivity index (χ4n) is 1.59. The molecule has 0 saturated carbocycles. The molecule has 1 aromatic heterocycles. The second-order valence-electron chi connectivity index (χ2n) is 4.06. The highest BCUT2D eigenvalue weighted by Gasteiger charge is 2.03. The van der Waals surface area contributed by atoms with Gasteiger partial charge in [-0.3, -0.25) is 0 Å². The average molecular weight is 276 g/mol. The molecule has 0 spiro atoms. The van der Waals surface area contributed by atoms with Crippen molar-refractivity contribution in [3.63, 3.8) is 0 Å². The van der Waals surface area contributed by atoms with Crippen molar-refractivity contribution in [3.8, 4) is 0 Å². The predicted octanol–water partition coefficient (Wildman–Crippen LogP) is 0.138. The van der Waals surface area contributed by atoms with E-state index in [0.29, 0.717) is 26.1 Å². The van der Waals surface area contributed by atoms with E-state index in [0.717, 1.165) is 13.1 Å². The summed E-state index contributed by atoms with van der Waals surface area (Å²) in [6, 6.07) is 0. The molecular formula is C11H20N2O4S. The third kappa shape index (κ3) is 6.73. The molecule has 6 nitrogen and oxygen atoms in total. The molecule has 0 aliphatic rings. The van der Waals surface area contributed by atoms with Crippen LogP contribution in [-0.2, 0) is 27.9 Å². The van der Waals surface area contributed by atoms with Gasteiger partial charge in [-0.05, 0) is 19.8 Å². The predicted molar refractivity (Wildman–Crippen MR) is 64.9 cm³/mol. The van der Waals surface area contributed by atoms with Gasteiger partial charge in [-0.1, -0.05) is 0 Å². The highest BCUT2D eigenvalue weighted by Crippen LogP contribution is 1.94. The minimum absolute atomic E-state index is 0.279. The van der Waals surface area contributed by atoms with Crippen LogP contribution in [0, 0.1) is 0 Å². The lowest BCUT2D eigenvalue weighted by atomic mass is 10.3. The van der Waals surface area contributed by atoms with Crippen molar-refractivity contribution in [3.05, 3.63) is 18.7 Å². The number of hydrogen-bond donors (Lipinski definition) is 0. The SMILES string of the molecule is CCOCCn1cc[n+](CCCCS(=O)(=O)[O-])c1. The second-order valence-corrected chi connectivity index (χ2v) is 5.58. The van der Waals surface area contributed by atoms with E-state index in [1.807, 2.05) is 34.8 Å². The van der Waals surface area contributed by atoms with Crippen LogP contribution in [-0.4, -0.2) is 36.5 Å². The van der Waals surface area contributed by atoms with Crippen LogP contribution in [0.15, 0.2) is 18.7 Å². The summed E-state index contributed by atoms with van der Waals surface area (Å²) in [7, 11) is -4.07. The molecule has 0 fully saturated rings. The van der Waals surface area contributed by atoms with Crippen molar-refractivity contribution in [1.82, 2.24) is 4.57 Å². The fourth-order valence-corrected chi connectivity index (χ4v) is 2.15. The summed E-state index contributed by atoms with van der Waals surface area (Å²) in [5.41, 5.74) is 0. The van der Waals surface area contributed by atoms with Gasteiger partial charge in [-0.2, -0.15) is 0 Å². The number of unbranched alkanes of at least 4 members (excludes halogenated alkanes) is 1. The zero-order valence-corrected chi connectivity index (χ0v) is 11.4. The minimum Gasteiger partial charge on any atom is -0.748 e. The molecule has 1 rings (SSSR count). The third-order valence-corrected chi connectivity index (χ3v) is 3.29. The Morgan fingerprint density at radius 1 is 1.39 bits per heavy atom. The number of nitrogens with zero attached hydrogens (tertiary/aromatic N) is 2. The number of aryl methyl sites for hydroxylation is 1. The lowest BCUT2D eigenvalue weighted by Gasteiger charge is -2.04. The van der Waals surface area contributed by atoms with Gasteiger partial charge in [0.15, 0.2) is 0 Å². The minimum atomic E-state index is -4.07. The maximum Gasteiger partial charge on any atom is 0.243 e. The molecule has 1 aromatic rings. The molecule has 0 atom stereocenters. The molecule has 0 radical (unpaired) electrons. The van der Waals surface area contributed by atoms with E-state index in [1.165, 1.54) is 0 Å². The van der Waals surface area contributed by atoms with Crippen molar-refractivity contribution >= 4 is 10.1 Å². The highest BCUT2D eigenvalue weighted by molar-refractivity contribution is 7.85. The Balaban J connectivity index is 2.23. The molecular weight excluding hydrogens is 256 g/mol. The molecule has 104 valence electrons. The molecule has 18 heavy (non-hydrogen) atoms. The Morgan fingerprint density at radius 2 is 2.17 bits per heavy atom. The smallest absolute Gasteiger partial charge is 0.243 e. The summed E-state index contributed by atoms with van der Waals surface area (Å²) >= 11 is 0. The van der Waals surface area contributed by atoms with Crippen LogP contribution in [0.1, 0.15) is 19.8 Å². The molecule has 0 aromatic carbocycles. The van der Waals surface area contributed by atoms with Gasteiger partial charge in [-0.15, -0.1) is 0 Å². The first-order valence-electron chi connectivity index (χ1n) is 6.07. The lowest BCUT2D eigenvalue weighted by molar-refractivity contribution is -0.696. The van der Waals surface area contributed by atoms with E-state index >= 15 is 0 Å². The van der Waals surface area contributed by atoms with Crippen molar-refractivity contribution < 1.29 is 22.3 Å². The van der Waals surface area contributed by atoms with E-state index in [9.17, 15) is 13.0 Å². The summed E-state index contributed by atoms with van der Waals surface area (Å²) in [4.78, 5) is 0. The van der Waals surface area contributed by atoms with Crippen LogP contribution < -0.4 is 4.57 Å². The molecule has 7 heteroatoms. The number of imidazole rings is 1. The fraction of sp³-hybridized carbons (Fsp3) is 0.727. The largest absolute Gasteiger partial charge is 0.748 e. The zero-order chi connectivity index (χ0) is 13.4. The molecule has 0 unspecified atom stereocenters. The average Bonchev–Trinajstić information content (AvgIpc) is 2.72. The number of hydrogen-bond acceptors (Lipinski definition) is 4. The van der Waals surface area contributed by atoms with Crippen molar-refractivity contribution in [2.75, 3.05) is 19.0 Å². The van der Waals surface area contributed by atoms with E-state index in [2.05, 4.69) is 0 Å². The molecule has 0 aliphatic heterocycles. The summed E-state index contributed by atoms with van der Waals surface area (Å²) in [6.45, 7) is 4.87. The van der Waals surface area contributed by atoms with E-state index in [-0.39, 0.29) is 5.75 Å². The first-order chi connectivity index (χ1) is 8.51. The number of ether oxygens (including phenoxy) is 1. The van der Waals surface area contributed by atoms with Crippen LogP contribution in [0.25, 0.3) is 0 Å². The summed E-state index contributed by atoms with van der Waals surface area (Å²) in [6.07, 6.45) is 6.91. The summed E-state index contributed by atoms with van der Waals surface area (Å²) in [5.74, 6) is -0.279. The summed E-state index contributed by atoms with van der Waals surface area (Å²) < 4.78 is 40.5. The van der Waals surface area contributed by atoms with Gasteiger partial charge in [0.05, 0.1) is 23.3 Å². The van der Waals surface area contributed by atoms with E-state index in [4.69, 9.17) is 4.74 Å². The van der Waals surface area contributed by atoms with E-state index in [1.54, 1.807) is 0 Å². The first-order valence-corrected chi connectivity index (χ1v) is 7.65. The van der Waals surface area contributed by atoms with Gasteiger partial charge < -0.3 is 9.29 Å². The van der Waals surface area contributed by atoms with Crippen LogP contribution in [0.2, 0.25) is 0 Å². The maximum atomic E-state index is 10.4. The second kappa shape index (κ2) is 7.50. The topological polar surface area (TPSA) is 75.2 Å². The lowest BCUT2D eigenvalue weighted by Crippen LogP contribution is -2.31. The third-order valence-electron chi connectivity index (χ3n) is 2.50. The molecule has 0 bridgehead atoms. The summed E-state index contributed by atoms with van der Waals surface area (Å²) in [5, 5.41) is 0. The number of rotatable bonds is 9. The van der Waals surface area contributed by atoms with Gasteiger partial charge >= 0.3 is 0 Å². The van der Waals surface area contributed by atoms with Gasteiger partial charge in [0.2, 0.25) is 6.33 Å². The van der Waals surface area contributed by atoms with Crippen LogP contribution in [0.3, 0.4) is 0 Å². The Hall–Kier alpha value is -0.920. The van der Waals surface area contributed by atoms with Crippen LogP contribution in [0.4, 0.5) is 0 Å². The van der Waals surface area contributed by atoms with Gasteiger partial charge in [0.25, 0.3) is 0 Å². The van der Waals surface area contributed by atoms with Crippen LogP contribution >= 0.6 is 0 Å². The molecule has 0 amide bonds. The highest BCUT2D eigenvalue weighted by atomic mass is 32.2. The molecule has 0 saturated heterocycles. The Bertz CT molecular complexity index is 442. The Labute approximate surface area is 108 Å². The van der Waals surface area contributed by atoms with Crippen LogP contribution in [0.5, 0.6) is 0 Å². The Morgan fingerprint density at radius 3 is 2.83 bits per heavy atom. The maximum absolute atomic E-state index is 10.4. The monoisotopic (exact) mass is 276 g/mol. The van der Waals surface area contributed by atoms with Crippen molar-refractivity contribution in [1.29, 1.82) is 0 Å².